The standard InChI is InChI=1S/C25H27ClN4OS/c1-5-18-14-32-25-28-23(20-8-6-7-11-27-20)24(30(18)25)19-12-15(2)29(16(19)3)21-13-17(26)9-10-22(21)31-4/h6-13,18,23-24H,5,14H2,1-4H3. The van der Waals surface area contributed by atoms with Crippen LogP contribution in [0.25, 0.3) is 5.69 Å². The van der Waals surface area contributed by atoms with Gasteiger partial charge in [0.1, 0.15) is 11.8 Å². The molecule has 0 aliphatic carbocycles. The van der Waals surface area contributed by atoms with Gasteiger partial charge < -0.3 is 14.2 Å². The van der Waals surface area contributed by atoms with Gasteiger partial charge in [-0.25, -0.2) is 0 Å². The first-order valence-electron chi connectivity index (χ1n) is 11.0. The van der Waals surface area contributed by atoms with Gasteiger partial charge in [-0.3, -0.25) is 9.98 Å². The van der Waals surface area contributed by atoms with Crippen molar-refractivity contribution in [1.29, 1.82) is 0 Å². The van der Waals surface area contributed by atoms with Crippen LogP contribution in [-0.4, -0.2) is 38.5 Å². The molecule has 3 aromatic rings. The quantitative estimate of drug-likeness (QED) is 0.453. The fraction of sp³-hybridized carbons (Fsp3) is 0.360. The zero-order chi connectivity index (χ0) is 22.4. The van der Waals surface area contributed by atoms with Gasteiger partial charge in [-0.15, -0.1) is 0 Å². The number of benzene rings is 1. The number of aromatic nitrogens is 2. The third-order valence-electron chi connectivity index (χ3n) is 6.50. The topological polar surface area (TPSA) is 42.6 Å². The molecule has 0 saturated carbocycles. The van der Waals surface area contributed by atoms with E-state index in [1.807, 2.05) is 48.3 Å². The van der Waals surface area contributed by atoms with E-state index < -0.39 is 0 Å². The number of thioether (sulfide) groups is 1. The number of aliphatic imine (C=N–C) groups is 1. The number of fused-ring (bicyclic) bond motifs is 1. The predicted molar refractivity (Wildman–Crippen MR) is 132 cm³/mol. The van der Waals surface area contributed by atoms with Gasteiger partial charge in [0, 0.05) is 34.4 Å². The minimum atomic E-state index is -0.0248. The van der Waals surface area contributed by atoms with E-state index >= 15 is 0 Å². The molecule has 7 heteroatoms. The molecule has 5 rings (SSSR count). The number of rotatable bonds is 5. The fourth-order valence-electron chi connectivity index (χ4n) is 4.98. The highest BCUT2D eigenvalue weighted by Crippen LogP contribution is 2.50. The third kappa shape index (κ3) is 3.41. The smallest absolute Gasteiger partial charge is 0.160 e. The Kier molecular flexibility index (Phi) is 5.68. The molecule has 0 radical (unpaired) electrons. The summed E-state index contributed by atoms with van der Waals surface area (Å²) >= 11 is 8.24. The van der Waals surface area contributed by atoms with Crippen LogP contribution in [0.4, 0.5) is 0 Å². The molecule has 2 aliphatic rings. The molecular weight excluding hydrogens is 440 g/mol. The second kappa shape index (κ2) is 8.49. The van der Waals surface area contributed by atoms with Crippen molar-refractivity contribution < 1.29 is 4.74 Å². The van der Waals surface area contributed by atoms with Crippen molar-refractivity contribution in [3.8, 4) is 11.4 Å². The van der Waals surface area contributed by atoms with Crippen LogP contribution in [0.15, 0.2) is 53.7 Å². The van der Waals surface area contributed by atoms with Crippen LogP contribution < -0.4 is 4.74 Å². The van der Waals surface area contributed by atoms with Gasteiger partial charge in [0.05, 0.1) is 24.5 Å². The number of hydrogen-bond acceptors (Lipinski definition) is 5. The lowest BCUT2D eigenvalue weighted by Gasteiger charge is -2.32. The van der Waals surface area contributed by atoms with Crippen LogP contribution >= 0.6 is 23.4 Å². The van der Waals surface area contributed by atoms with Crippen molar-refractivity contribution in [1.82, 2.24) is 14.5 Å². The maximum Gasteiger partial charge on any atom is 0.160 e. The van der Waals surface area contributed by atoms with Gasteiger partial charge in [-0.1, -0.05) is 36.4 Å². The molecule has 2 aromatic heterocycles. The summed E-state index contributed by atoms with van der Waals surface area (Å²) in [5.41, 5.74) is 5.57. The Morgan fingerprint density at radius 1 is 1.19 bits per heavy atom. The predicted octanol–water partition coefficient (Wildman–Crippen LogP) is 6.13. The molecule has 1 fully saturated rings. The summed E-state index contributed by atoms with van der Waals surface area (Å²) in [6.45, 7) is 6.58. The largest absolute Gasteiger partial charge is 0.495 e. The number of methoxy groups -OCH3 is 1. The van der Waals surface area contributed by atoms with E-state index in [0.29, 0.717) is 11.1 Å². The average molecular weight is 467 g/mol. The monoisotopic (exact) mass is 466 g/mol. The van der Waals surface area contributed by atoms with Crippen LogP contribution in [0, 0.1) is 13.8 Å². The highest BCUT2D eigenvalue weighted by molar-refractivity contribution is 8.14. The number of ether oxygens (including phenoxy) is 1. The molecular formula is C25H27ClN4OS. The van der Waals surface area contributed by atoms with Crippen LogP contribution in [-0.2, 0) is 0 Å². The lowest BCUT2D eigenvalue weighted by molar-refractivity contribution is 0.254. The normalized spacial score (nSPS) is 22.2. The summed E-state index contributed by atoms with van der Waals surface area (Å²) in [6.07, 6.45) is 2.96. The Balaban J connectivity index is 1.66. The Labute approximate surface area is 198 Å². The molecule has 0 amide bonds. The molecule has 166 valence electrons. The van der Waals surface area contributed by atoms with E-state index in [2.05, 4.69) is 47.4 Å². The van der Waals surface area contributed by atoms with E-state index in [1.54, 1.807) is 7.11 Å². The zero-order valence-corrected chi connectivity index (χ0v) is 20.3. The number of nitrogens with zero attached hydrogens (tertiary/aromatic N) is 4. The third-order valence-corrected chi connectivity index (χ3v) is 7.86. The van der Waals surface area contributed by atoms with E-state index in [0.717, 1.165) is 40.2 Å². The number of pyridine rings is 1. The van der Waals surface area contributed by atoms with Crippen LogP contribution in [0.2, 0.25) is 5.02 Å². The van der Waals surface area contributed by atoms with E-state index in [9.17, 15) is 0 Å². The van der Waals surface area contributed by atoms with Crippen LogP contribution in [0.1, 0.15) is 48.1 Å². The molecule has 0 bridgehead atoms. The summed E-state index contributed by atoms with van der Waals surface area (Å²) in [5.74, 6) is 1.89. The molecule has 0 spiro atoms. The molecule has 2 aliphatic heterocycles. The van der Waals surface area contributed by atoms with Crippen molar-refractivity contribution in [2.45, 2.75) is 45.3 Å². The van der Waals surface area contributed by atoms with Crippen LogP contribution in [0.5, 0.6) is 5.75 Å². The van der Waals surface area contributed by atoms with Crippen molar-refractivity contribution in [2.75, 3.05) is 12.9 Å². The lowest BCUT2D eigenvalue weighted by Crippen LogP contribution is -2.35. The average Bonchev–Trinajstić information content (AvgIpc) is 3.45. The molecule has 3 atom stereocenters. The summed E-state index contributed by atoms with van der Waals surface area (Å²) in [5, 5.41) is 1.83. The Bertz CT molecular complexity index is 1180. The minimum Gasteiger partial charge on any atom is -0.495 e. The number of amidine groups is 1. The molecule has 5 nitrogen and oxygen atoms in total. The summed E-state index contributed by atoms with van der Waals surface area (Å²) in [6, 6.07) is 14.7. The lowest BCUT2D eigenvalue weighted by atomic mass is 9.95. The molecule has 0 N–H and O–H groups in total. The molecule has 32 heavy (non-hydrogen) atoms. The van der Waals surface area contributed by atoms with E-state index in [-0.39, 0.29) is 12.1 Å². The van der Waals surface area contributed by atoms with Gasteiger partial charge >= 0.3 is 0 Å². The SMILES string of the molecule is CCC1CSC2=NC(c3ccccn3)C(c3cc(C)n(-c4cc(Cl)ccc4OC)c3C)N21. The van der Waals surface area contributed by atoms with Gasteiger partial charge in [-0.05, 0) is 62.2 Å². The Hall–Kier alpha value is -2.44. The first kappa shape index (κ1) is 21.4. The fourth-order valence-corrected chi connectivity index (χ4v) is 6.49. The summed E-state index contributed by atoms with van der Waals surface area (Å²) in [4.78, 5) is 12.4. The maximum atomic E-state index is 6.37. The second-order valence-corrected chi connectivity index (χ2v) is 9.74. The Morgan fingerprint density at radius 2 is 2.03 bits per heavy atom. The van der Waals surface area contributed by atoms with E-state index in [1.165, 1.54) is 11.3 Å². The first-order valence-corrected chi connectivity index (χ1v) is 12.3. The van der Waals surface area contributed by atoms with E-state index in [4.69, 9.17) is 21.3 Å². The van der Waals surface area contributed by atoms with Crippen molar-refractivity contribution in [3.63, 3.8) is 0 Å². The van der Waals surface area contributed by atoms with Gasteiger partial charge in [0.2, 0.25) is 0 Å². The van der Waals surface area contributed by atoms with Crippen molar-refractivity contribution in [3.05, 3.63) is 76.3 Å². The molecule has 3 unspecified atom stereocenters. The van der Waals surface area contributed by atoms with Crippen molar-refractivity contribution >= 4 is 28.5 Å². The maximum absolute atomic E-state index is 6.37. The highest BCUT2D eigenvalue weighted by Gasteiger charge is 2.46. The number of halogens is 1. The molecule has 4 heterocycles. The number of aryl methyl sites for hydroxylation is 1. The zero-order valence-electron chi connectivity index (χ0n) is 18.7. The van der Waals surface area contributed by atoms with Crippen molar-refractivity contribution in [2.24, 2.45) is 4.99 Å². The Morgan fingerprint density at radius 3 is 2.75 bits per heavy atom. The summed E-state index contributed by atoms with van der Waals surface area (Å²) < 4.78 is 7.92. The van der Waals surface area contributed by atoms with Gasteiger partial charge in [0.25, 0.3) is 0 Å². The van der Waals surface area contributed by atoms with Gasteiger partial charge in [-0.2, -0.15) is 0 Å². The van der Waals surface area contributed by atoms with Gasteiger partial charge in [0.15, 0.2) is 5.17 Å². The van der Waals surface area contributed by atoms with Crippen LogP contribution in [0.3, 0.4) is 0 Å². The molecule has 1 saturated heterocycles. The highest BCUT2D eigenvalue weighted by atomic mass is 35.5. The first-order chi connectivity index (χ1) is 15.5. The molecule has 1 aromatic carbocycles. The number of hydrogen-bond donors (Lipinski definition) is 0. The summed E-state index contributed by atoms with van der Waals surface area (Å²) in [7, 11) is 1.70. The second-order valence-electron chi connectivity index (χ2n) is 8.31. The minimum absolute atomic E-state index is 0.0248.